The van der Waals surface area contributed by atoms with Crippen LogP contribution in [0, 0.1) is 0 Å². The highest BCUT2D eigenvalue weighted by atomic mass is 15.3. The number of allylic oxidation sites excluding steroid dienone is 2. The van der Waals surface area contributed by atoms with E-state index in [4.69, 9.17) is 0 Å². The van der Waals surface area contributed by atoms with Crippen molar-refractivity contribution < 1.29 is 4.48 Å². The van der Waals surface area contributed by atoms with E-state index < -0.39 is 0 Å². The third-order valence-corrected chi connectivity index (χ3v) is 3.75. The van der Waals surface area contributed by atoms with Crippen LogP contribution in [0.15, 0.2) is 12.2 Å². The van der Waals surface area contributed by atoms with Crippen LogP contribution in [0.4, 0.5) is 0 Å². The first kappa shape index (κ1) is 14.7. The van der Waals surface area contributed by atoms with Gasteiger partial charge in [0, 0.05) is 0 Å². The van der Waals surface area contributed by atoms with Crippen LogP contribution in [0.25, 0.3) is 0 Å². The topological polar surface area (TPSA) is 0 Å². The predicted molar refractivity (Wildman–Crippen MR) is 70.0 cm³/mol. The fourth-order valence-corrected chi connectivity index (χ4v) is 2.20. The normalized spacial score (nSPS) is 12.5. The van der Waals surface area contributed by atoms with Crippen molar-refractivity contribution in [3.63, 3.8) is 0 Å². The first-order chi connectivity index (χ1) is 7.24. The summed E-state index contributed by atoms with van der Waals surface area (Å²) < 4.78 is 1.31. The highest BCUT2D eigenvalue weighted by molar-refractivity contribution is 4.76. The van der Waals surface area contributed by atoms with E-state index in [-0.39, 0.29) is 0 Å². The molecule has 0 aromatic rings. The van der Waals surface area contributed by atoms with Crippen molar-refractivity contribution in [3.8, 4) is 0 Å². The molecule has 0 saturated carbocycles. The van der Waals surface area contributed by atoms with Gasteiger partial charge in [-0.25, -0.2) is 0 Å². The molecule has 0 N–H and O–H groups in total. The van der Waals surface area contributed by atoms with E-state index in [1.807, 2.05) is 0 Å². The van der Waals surface area contributed by atoms with E-state index in [0.717, 1.165) is 0 Å². The fraction of sp³-hybridized carbons (Fsp3) is 0.857. The van der Waals surface area contributed by atoms with Crippen molar-refractivity contribution in [2.24, 2.45) is 0 Å². The second-order valence-corrected chi connectivity index (χ2v) is 4.43. The van der Waals surface area contributed by atoms with Crippen LogP contribution < -0.4 is 0 Å². The van der Waals surface area contributed by atoms with Crippen LogP contribution in [0.5, 0.6) is 0 Å². The predicted octanol–water partition coefficient (Wildman–Crippen LogP) is 4.00. The highest BCUT2D eigenvalue weighted by Gasteiger charge is 2.19. The third-order valence-electron chi connectivity index (χ3n) is 3.75. The summed E-state index contributed by atoms with van der Waals surface area (Å²) in [7, 11) is 0. The zero-order valence-corrected chi connectivity index (χ0v) is 11.3. The largest absolute Gasteiger partial charge is 0.324 e. The van der Waals surface area contributed by atoms with Crippen LogP contribution in [0.3, 0.4) is 0 Å². The smallest absolute Gasteiger partial charge is 0.0786 e. The number of rotatable bonds is 9. The summed E-state index contributed by atoms with van der Waals surface area (Å²) in [5.74, 6) is 0. The molecule has 0 aromatic carbocycles. The van der Waals surface area contributed by atoms with Gasteiger partial charge in [0.1, 0.15) is 0 Å². The Bertz CT molecular complexity index is 148. The summed E-state index contributed by atoms with van der Waals surface area (Å²) in [5.41, 5.74) is 0. The Balaban J connectivity index is 3.62. The zero-order valence-electron chi connectivity index (χ0n) is 11.3. The molecule has 0 atom stereocenters. The monoisotopic (exact) mass is 212 g/mol. The van der Waals surface area contributed by atoms with Crippen molar-refractivity contribution in [2.75, 3.05) is 26.2 Å². The van der Waals surface area contributed by atoms with Crippen LogP contribution in [-0.2, 0) is 0 Å². The van der Waals surface area contributed by atoms with E-state index in [1.165, 1.54) is 56.3 Å². The van der Waals surface area contributed by atoms with Gasteiger partial charge in [-0.3, -0.25) is 0 Å². The molecule has 0 radical (unpaired) electrons. The van der Waals surface area contributed by atoms with Crippen molar-refractivity contribution in [1.29, 1.82) is 0 Å². The molecule has 0 bridgehead atoms. The average molecular weight is 212 g/mol. The maximum Gasteiger partial charge on any atom is 0.0786 e. The SMILES string of the molecule is C/C=C/CCCCC[N+](CC)(CC)CC. The summed E-state index contributed by atoms with van der Waals surface area (Å²) in [6.45, 7) is 14.3. The first-order valence-electron chi connectivity index (χ1n) is 6.71. The maximum absolute atomic E-state index is 2.33. The molecule has 0 saturated heterocycles. The number of hydrogen-bond acceptors (Lipinski definition) is 0. The minimum atomic E-state index is 1.26. The van der Waals surface area contributed by atoms with Gasteiger partial charge in [-0.05, 0) is 53.4 Å². The summed E-state index contributed by atoms with van der Waals surface area (Å²) in [4.78, 5) is 0. The molecular formula is C14H30N+. The Kier molecular flexibility index (Phi) is 8.79. The maximum atomic E-state index is 2.33. The van der Waals surface area contributed by atoms with Gasteiger partial charge < -0.3 is 4.48 Å². The van der Waals surface area contributed by atoms with Gasteiger partial charge in [0.05, 0.1) is 26.2 Å². The van der Waals surface area contributed by atoms with Crippen LogP contribution in [0.2, 0.25) is 0 Å². The Morgan fingerprint density at radius 1 is 0.867 bits per heavy atom. The van der Waals surface area contributed by atoms with Gasteiger partial charge in [-0.2, -0.15) is 0 Å². The lowest BCUT2D eigenvalue weighted by Gasteiger charge is -2.35. The summed E-state index contributed by atoms with van der Waals surface area (Å²) in [5, 5.41) is 0. The minimum Gasteiger partial charge on any atom is -0.324 e. The van der Waals surface area contributed by atoms with Crippen LogP contribution in [0.1, 0.15) is 53.4 Å². The molecule has 0 aliphatic carbocycles. The second-order valence-electron chi connectivity index (χ2n) is 4.43. The highest BCUT2D eigenvalue weighted by Crippen LogP contribution is 2.10. The molecule has 1 heteroatoms. The van der Waals surface area contributed by atoms with Crippen molar-refractivity contribution in [1.82, 2.24) is 0 Å². The number of nitrogens with zero attached hydrogens (tertiary/aromatic N) is 1. The summed E-state index contributed by atoms with van der Waals surface area (Å²) >= 11 is 0. The van der Waals surface area contributed by atoms with Gasteiger partial charge in [0.15, 0.2) is 0 Å². The summed E-state index contributed by atoms with van der Waals surface area (Å²) in [6, 6.07) is 0. The standard InChI is InChI=1S/C14H30N/c1-5-9-10-11-12-13-14-15(6-2,7-3)8-4/h5,9H,6-8,10-14H2,1-4H3/q+1/b9-5+. The molecule has 1 nitrogen and oxygen atoms in total. The minimum absolute atomic E-state index is 1.26. The van der Waals surface area contributed by atoms with E-state index in [9.17, 15) is 0 Å². The van der Waals surface area contributed by atoms with Crippen molar-refractivity contribution in [3.05, 3.63) is 12.2 Å². The first-order valence-corrected chi connectivity index (χ1v) is 6.71. The van der Waals surface area contributed by atoms with Crippen molar-refractivity contribution >= 4 is 0 Å². The molecule has 0 amide bonds. The molecule has 15 heavy (non-hydrogen) atoms. The van der Waals surface area contributed by atoms with E-state index in [0.29, 0.717) is 0 Å². The molecule has 0 heterocycles. The number of hydrogen-bond donors (Lipinski definition) is 0. The zero-order chi connectivity index (χ0) is 11.6. The lowest BCUT2D eigenvalue weighted by atomic mass is 10.1. The van der Waals surface area contributed by atoms with Gasteiger partial charge in [0.25, 0.3) is 0 Å². The molecule has 0 aromatic heterocycles. The third kappa shape index (κ3) is 5.99. The quantitative estimate of drug-likeness (QED) is 0.308. The Labute approximate surface area is 96.8 Å². The molecule has 0 rings (SSSR count). The van der Waals surface area contributed by atoms with Crippen molar-refractivity contribution in [2.45, 2.75) is 53.4 Å². The molecule has 0 spiro atoms. The lowest BCUT2D eigenvalue weighted by Crippen LogP contribution is -2.48. The second kappa shape index (κ2) is 8.96. The van der Waals surface area contributed by atoms with E-state index in [1.54, 1.807) is 0 Å². The fourth-order valence-electron chi connectivity index (χ4n) is 2.20. The van der Waals surface area contributed by atoms with Crippen LogP contribution in [-0.4, -0.2) is 30.7 Å². The van der Waals surface area contributed by atoms with Gasteiger partial charge >= 0.3 is 0 Å². The van der Waals surface area contributed by atoms with E-state index >= 15 is 0 Å². The molecule has 0 aliphatic heterocycles. The molecule has 0 aliphatic rings. The molecular weight excluding hydrogens is 182 g/mol. The van der Waals surface area contributed by atoms with E-state index in [2.05, 4.69) is 39.8 Å². The van der Waals surface area contributed by atoms with Crippen LogP contribution >= 0.6 is 0 Å². The Morgan fingerprint density at radius 3 is 1.93 bits per heavy atom. The lowest BCUT2D eigenvalue weighted by molar-refractivity contribution is -0.923. The van der Waals surface area contributed by atoms with Gasteiger partial charge in [-0.15, -0.1) is 0 Å². The number of unbranched alkanes of at least 4 members (excludes halogenated alkanes) is 3. The Hall–Kier alpha value is -0.300. The molecule has 0 fully saturated rings. The molecule has 0 unspecified atom stereocenters. The summed E-state index contributed by atoms with van der Waals surface area (Å²) in [6.07, 6.45) is 9.85. The molecule has 90 valence electrons. The average Bonchev–Trinajstić information content (AvgIpc) is 2.29. The Morgan fingerprint density at radius 2 is 1.47 bits per heavy atom. The number of quaternary nitrogens is 1. The van der Waals surface area contributed by atoms with Gasteiger partial charge in [0.2, 0.25) is 0 Å². The van der Waals surface area contributed by atoms with Gasteiger partial charge in [-0.1, -0.05) is 12.2 Å².